The number of nitrogens with zero attached hydrogens (tertiary/aromatic N) is 4. The molecule has 100 valence electrons. The van der Waals surface area contributed by atoms with Crippen molar-refractivity contribution in [1.29, 1.82) is 5.26 Å². The molecule has 2 fully saturated rings. The Labute approximate surface area is 113 Å². The fourth-order valence-corrected chi connectivity index (χ4v) is 2.89. The van der Waals surface area contributed by atoms with Crippen LogP contribution in [-0.2, 0) is 4.74 Å². The molecule has 1 atom stereocenters. The van der Waals surface area contributed by atoms with E-state index in [1.165, 1.54) is 6.42 Å². The van der Waals surface area contributed by atoms with Crippen LogP contribution < -0.4 is 4.90 Å². The zero-order chi connectivity index (χ0) is 13.1. The van der Waals surface area contributed by atoms with Crippen molar-refractivity contribution in [2.75, 3.05) is 44.3 Å². The normalized spacial score (nSPS) is 24.4. The Morgan fingerprint density at radius 1 is 1.32 bits per heavy atom. The van der Waals surface area contributed by atoms with Crippen LogP contribution in [0.5, 0.6) is 0 Å². The molecule has 1 unspecified atom stereocenters. The summed E-state index contributed by atoms with van der Waals surface area (Å²) in [5, 5.41) is 8.91. The highest BCUT2D eigenvalue weighted by Gasteiger charge is 2.28. The number of rotatable bonds is 2. The number of ether oxygens (including phenoxy) is 1. The van der Waals surface area contributed by atoms with E-state index in [4.69, 9.17) is 10.00 Å². The number of anilines is 1. The summed E-state index contributed by atoms with van der Waals surface area (Å²) in [6.45, 7) is 5.87. The molecule has 0 bridgehead atoms. The summed E-state index contributed by atoms with van der Waals surface area (Å²) in [5.74, 6) is 0. The summed E-state index contributed by atoms with van der Waals surface area (Å²) < 4.78 is 5.40. The maximum absolute atomic E-state index is 8.91. The zero-order valence-corrected chi connectivity index (χ0v) is 11.0. The lowest BCUT2D eigenvalue weighted by atomic mass is 10.2. The van der Waals surface area contributed by atoms with Crippen molar-refractivity contribution in [3.05, 3.63) is 24.0 Å². The van der Waals surface area contributed by atoms with E-state index in [1.807, 2.05) is 12.1 Å². The topological polar surface area (TPSA) is 52.4 Å². The molecule has 0 N–H and O–H groups in total. The summed E-state index contributed by atoms with van der Waals surface area (Å²) in [7, 11) is 0. The summed E-state index contributed by atoms with van der Waals surface area (Å²) >= 11 is 0. The fourth-order valence-electron chi connectivity index (χ4n) is 2.89. The molecule has 0 aromatic carbocycles. The molecule has 5 nitrogen and oxygen atoms in total. The van der Waals surface area contributed by atoms with Crippen molar-refractivity contribution < 1.29 is 4.74 Å². The van der Waals surface area contributed by atoms with E-state index in [1.54, 1.807) is 6.20 Å². The van der Waals surface area contributed by atoms with Crippen LogP contribution in [0.1, 0.15) is 12.1 Å². The Balaban J connectivity index is 1.66. The molecule has 2 aliphatic heterocycles. The summed E-state index contributed by atoms with van der Waals surface area (Å²) in [5.41, 5.74) is 1.61. The third kappa shape index (κ3) is 2.70. The molecular weight excluding hydrogens is 240 g/mol. The molecule has 0 radical (unpaired) electrons. The Morgan fingerprint density at radius 2 is 2.16 bits per heavy atom. The van der Waals surface area contributed by atoms with Crippen molar-refractivity contribution in [3.63, 3.8) is 0 Å². The van der Waals surface area contributed by atoms with E-state index in [-0.39, 0.29) is 0 Å². The Morgan fingerprint density at radius 3 is 2.95 bits per heavy atom. The number of morpholine rings is 1. The van der Waals surface area contributed by atoms with Crippen LogP contribution in [0, 0.1) is 11.3 Å². The van der Waals surface area contributed by atoms with Gasteiger partial charge in [0.05, 0.1) is 13.2 Å². The summed E-state index contributed by atoms with van der Waals surface area (Å²) in [6.07, 6.45) is 2.90. The number of hydrogen-bond donors (Lipinski definition) is 0. The van der Waals surface area contributed by atoms with Gasteiger partial charge in [0, 0.05) is 44.1 Å². The van der Waals surface area contributed by atoms with Crippen LogP contribution >= 0.6 is 0 Å². The van der Waals surface area contributed by atoms with Crippen LogP contribution in [0.3, 0.4) is 0 Å². The van der Waals surface area contributed by atoms with Crippen LogP contribution in [0.2, 0.25) is 0 Å². The minimum absolute atomic E-state index is 0.493. The van der Waals surface area contributed by atoms with Gasteiger partial charge in [0.15, 0.2) is 0 Å². The lowest BCUT2D eigenvalue weighted by molar-refractivity contribution is 0.0209. The molecule has 1 aromatic heterocycles. The molecule has 2 aliphatic rings. The van der Waals surface area contributed by atoms with Gasteiger partial charge in [-0.25, -0.2) is 4.98 Å². The third-order valence-electron chi connectivity index (χ3n) is 3.95. The first kappa shape index (κ1) is 12.4. The highest BCUT2D eigenvalue weighted by Crippen LogP contribution is 2.23. The Kier molecular flexibility index (Phi) is 3.62. The molecule has 3 rings (SSSR count). The smallest absolute Gasteiger partial charge is 0.142 e. The van der Waals surface area contributed by atoms with Gasteiger partial charge < -0.3 is 9.64 Å². The van der Waals surface area contributed by atoms with E-state index in [0.29, 0.717) is 11.7 Å². The number of aromatic nitrogens is 1. The van der Waals surface area contributed by atoms with Crippen LogP contribution in [0.25, 0.3) is 0 Å². The molecule has 2 saturated heterocycles. The van der Waals surface area contributed by atoms with Crippen LogP contribution in [0.15, 0.2) is 18.3 Å². The SMILES string of the molecule is N#Cc1cc(N2CCC(N3CCOCC3)C2)ccn1. The van der Waals surface area contributed by atoms with Crippen molar-refractivity contribution in [1.82, 2.24) is 9.88 Å². The standard InChI is InChI=1S/C14H18N4O/c15-10-12-9-13(1-3-16-12)18-4-2-14(11-18)17-5-7-19-8-6-17/h1,3,9,14H,2,4-8,11H2. The maximum atomic E-state index is 8.91. The van der Waals surface area contributed by atoms with E-state index in [9.17, 15) is 0 Å². The predicted octanol–water partition coefficient (Wildman–Crippen LogP) is 0.864. The van der Waals surface area contributed by atoms with Crippen molar-refractivity contribution in [3.8, 4) is 6.07 Å². The molecule has 5 heteroatoms. The maximum Gasteiger partial charge on any atom is 0.142 e. The Hall–Kier alpha value is -1.64. The molecule has 3 heterocycles. The summed E-state index contributed by atoms with van der Waals surface area (Å²) in [4.78, 5) is 8.90. The second kappa shape index (κ2) is 5.55. The van der Waals surface area contributed by atoms with Crippen LogP contribution in [0.4, 0.5) is 5.69 Å². The lowest BCUT2D eigenvalue weighted by Crippen LogP contribution is -2.44. The van der Waals surface area contributed by atoms with Gasteiger partial charge in [-0.2, -0.15) is 5.26 Å². The highest BCUT2D eigenvalue weighted by atomic mass is 16.5. The second-order valence-corrected chi connectivity index (χ2v) is 5.05. The average Bonchev–Trinajstić information content (AvgIpc) is 2.98. The van der Waals surface area contributed by atoms with Gasteiger partial charge >= 0.3 is 0 Å². The first-order valence-corrected chi connectivity index (χ1v) is 6.80. The second-order valence-electron chi connectivity index (χ2n) is 5.05. The molecule has 0 saturated carbocycles. The number of pyridine rings is 1. The highest BCUT2D eigenvalue weighted by molar-refractivity contribution is 5.49. The largest absolute Gasteiger partial charge is 0.379 e. The number of hydrogen-bond acceptors (Lipinski definition) is 5. The number of nitriles is 1. The minimum atomic E-state index is 0.493. The minimum Gasteiger partial charge on any atom is -0.379 e. The van der Waals surface area contributed by atoms with Gasteiger partial charge in [-0.3, -0.25) is 4.90 Å². The Bertz CT molecular complexity index is 479. The molecule has 0 amide bonds. The van der Waals surface area contributed by atoms with E-state index in [2.05, 4.69) is 20.9 Å². The average molecular weight is 258 g/mol. The van der Waals surface area contributed by atoms with E-state index >= 15 is 0 Å². The third-order valence-corrected chi connectivity index (χ3v) is 3.95. The predicted molar refractivity (Wildman–Crippen MR) is 72.0 cm³/mol. The quantitative estimate of drug-likeness (QED) is 0.787. The molecule has 19 heavy (non-hydrogen) atoms. The molecule has 1 aromatic rings. The molecular formula is C14H18N4O. The molecule has 0 spiro atoms. The lowest BCUT2D eigenvalue weighted by Gasteiger charge is -2.32. The molecule has 0 aliphatic carbocycles. The van der Waals surface area contributed by atoms with E-state index in [0.717, 1.165) is 45.1 Å². The van der Waals surface area contributed by atoms with Gasteiger partial charge in [0.25, 0.3) is 0 Å². The fraction of sp³-hybridized carbons (Fsp3) is 0.571. The van der Waals surface area contributed by atoms with Crippen molar-refractivity contribution in [2.24, 2.45) is 0 Å². The monoisotopic (exact) mass is 258 g/mol. The van der Waals surface area contributed by atoms with Crippen molar-refractivity contribution in [2.45, 2.75) is 12.5 Å². The van der Waals surface area contributed by atoms with Gasteiger partial charge in [0.1, 0.15) is 11.8 Å². The van der Waals surface area contributed by atoms with Crippen molar-refractivity contribution >= 4 is 5.69 Å². The summed E-state index contributed by atoms with van der Waals surface area (Å²) in [6, 6.07) is 6.58. The first-order valence-electron chi connectivity index (χ1n) is 6.80. The zero-order valence-electron chi connectivity index (χ0n) is 11.0. The van der Waals surface area contributed by atoms with Gasteiger partial charge in [-0.05, 0) is 18.6 Å². The first-order chi connectivity index (χ1) is 9.36. The van der Waals surface area contributed by atoms with Gasteiger partial charge in [-0.1, -0.05) is 0 Å². The van der Waals surface area contributed by atoms with Crippen LogP contribution in [-0.4, -0.2) is 55.3 Å². The van der Waals surface area contributed by atoms with Gasteiger partial charge in [0.2, 0.25) is 0 Å². The van der Waals surface area contributed by atoms with E-state index < -0.39 is 0 Å². The van der Waals surface area contributed by atoms with Gasteiger partial charge in [-0.15, -0.1) is 0 Å².